The highest BCUT2D eigenvalue weighted by molar-refractivity contribution is 5.83. The molecule has 0 aliphatic carbocycles. The molecular formula is C15H20N3. The Hall–Kier alpha value is -1.32. The van der Waals surface area contributed by atoms with Crippen molar-refractivity contribution < 1.29 is 0 Å². The largest absolute Gasteiger partial charge is 0.361 e. The van der Waals surface area contributed by atoms with Gasteiger partial charge in [0.25, 0.3) is 0 Å². The Morgan fingerprint density at radius 1 is 1.22 bits per heavy atom. The van der Waals surface area contributed by atoms with Crippen LogP contribution in [-0.4, -0.2) is 30.7 Å². The molecule has 1 saturated heterocycles. The first kappa shape index (κ1) is 11.8. The van der Waals surface area contributed by atoms with Crippen molar-refractivity contribution in [3.05, 3.63) is 36.0 Å². The molecule has 2 aromatic rings. The molecule has 2 heterocycles. The maximum absolute atomic E-state index is 4.38. The van der Waals surface area contributed by atoms with Gasteiger partial charge in [0.2, 0.25) is 0 Å². The van der Waals surface area contributed by atoms with E-state index in [1.165, 1.54) is 29.3 Å². The van der Waals surface area contributed by atoms with Gasteiger partial charge in [0.1, 0.15) is 0 Å². The van der Waals surface area contributed by atoms with E-state index in [9.17, 15) is 0 Å². The van der Waals surface area contributed by atoms with E-state index in [1.807, 2.05) is 0 Å². The standard InChI is InChI=1S/C15H20N3/c1-2-4-15-14(3-1)12(11-18-15)5-10-17-13-6-8-16-9-7-13/h1-4,11,13,17-18H,5-10H2. The first-order valence-electron chi connectivity index (χ1n) is 6.85. The maximum atomic E-state index is 4.38. The summed E-state index contributed by atoms with van der Waals surface area (Å²) in [5, 5.41) is 9.39. The Labute approximate surface area is 108 Å². The SMILES string of the molecule is c1ccc2c(CCNC3CC[N]CC3)c[nH]c2c1. The van der Waals surface area contributed by atoms with E-state index < -0.39 is 0 Å². The minimum Gasteiger partial charge on any atom is -0.361 e. The summed E-state index contributed by atoms with van der Waals surface area (Å²) < 4.78 is 0. The van der Waals surface area contributed by atoms with Crippen molar-refractivity contribution in [1.82, 2.24) is 15.6 Å². The van der Waals surface area contributed by atoms with Crippen molar-refractivity contribution in [2.24, 2.45) is 0 Å². The monoisotopic (exact) mass is 242 g/mol. The third-order valence-electron chi connectivity index (χ3n) is 3.77. The lowest BCUT2D eigenvalue weighted by Gasteiger charge is -2.22. The van der Waals surface area contributed by atoms with E-state index in [-0.39, 0.29) is 0 Å². The Kier molecular flexibility index (Phi) is 3.62. The summed E-state index contributed by atoms with van der Waals surface area (Å²) in [5.74, 6) is 0. The van der Waals surface area contributed by atoms with Gasteiger partial charge < -0.3 is 10.3 Å². The minimum atomic E-state index is 0.674. The predicted molar refractivity (Wildman–Crippen MR) is 74.9 cm³/mol. The Balaban J connectivity index is 1.56. The molecule has 0 amide bonds. The van der Waals surface area contributed by atoms with Crippen LogP contribution in [0.1, 0.15) is 18.4 Å². The van der Waals surface area contributed by atoms with E-state index in [0.29, 0.717) is 6.04 Å². The average molecular weight is 242 g/mol. The molecule has 1 aliphatic heterocycles. The molecule has 3 heteroatoms. The summed E-state index contributed by atoms with van der Waals surface area (Å²) in [6, 6.07) is 9.19. The van der Waals surface area contributed by atoms with Gasteiger partial charge in [0.15, 0.2) is 0 Å². The first-order valence-corrected chi connectivity index (χ1v) is 6.85. The number of benzene rings is 1. The molecule has 1 aromatic carbocycles. The number of hydrogen-bond acceptors (Lipinski definition) is 1. The summed E-state index contributed by atoms with van der Waals surface area (Å²) in [6.07, 6.45) is 5.64. The number of nitrogens with zero attached hydrogens (tertiary/aromatic N) is 1. The zero-order valence-electron chi connectivity index (χ0n) is 10.7. The van der Waals surface area contributed by atoms with E-state index in [2.05, 4.69) is 46.1 Å². The molecule has 3 rings (SSSR count). The number of fused-ring (bicyclic) bond motifs is 1. The van der Waals surface area contributed by atoms with Crippen LogP contribution in [0.25, 0.3) is 10.9 Å². The highest BCUT2D eigenvalue weighted by atomic mass is 15.0. The Bertz CT molecular complexity index is 497. The molecule has 1 fully saturated rings. The first-order chi connectivity index (χ1) is 8.93. The lowest BCUT2D eigenvalue weighted by molar-refractivity contribution is 0.385. The third kappa shape index (κ3) is 2.57. The summed E-state index contributed by atoms with van der Waals surface area (Å²) in [4.78, 5) is 3.33. The van der Waals surface area contributed by atoms with Gasteiger partial charge in [-0.1, -0.05) is 18.2 Å². The molecule has 18 heavy (non-hydrogen) atoms. The van der Waals surface area contributed by atoms with Gasteiger partial charge in [-0.3, -0.25) is 0 Å². The van der Waals surface area contributed by atoms with Crippen molar-refractivity contribution in [2.75, 3.05) is 19.6 Å². The normalized spacial score (nSPS) is 17.3. The Morgan fingerprint density at radius 3 is 2.94 bits per heavy atom. The lowest BCUT2D eigenvalue weighted by Crippen LogP contribution is -2.38. The molecule has 95 valence electrons. The van der Waals surface area contributed by atoms with Crippen LogP contribution in [0.5, 0.6) is 0 Å². The predicted octanol–water partition coefficient (Wildman–Crippen LogP) is 2.07. The summed E-state index contributed by atoms with van der Waals surface area (Å²) in [6.45, 7) is 3.13. The molecule has 0 atom stereocenters. The van der Waals surface area contributed by atoms with Crippen molar-refractivity contribution >= 4 is 10.9 Å². The molecule has 1 aliphatic rings. The molecule has 3 nitrogen and oxygen atoms in total. The fourth-order valence-electron chi connectivity index (χ4n) is 2.70. The lowest BCUT2D eigenvalue weighted by atomic mass is 10.1. The quantitative estimate of drug-likeness (QED) is 0.846. The topological polar surface area (TPSA) is 41.9 Å². The van der Waals surface area contributed by atoms with Crippen LogP contribution in [0.2, 0.25) is 0 Å². The third-order valence-corrected chi connectivity index (χ3v) is 3.77. The smallest absolute Gasteiger partial charge is 0.0456 e. The van der Waals surface area contributed by atoms with Gasteiger partial charge in [-0.25, -0.2) is 5.32 Å². The minimum absolute atomic E-state index is 0.674. The van der Waals surface area contributed by atoms with E-state index in [1.54, 1.807) is 0 Å². The molecule has 0 spiro atoms. The molecule has 2 N–H and O–H groups in total. The average Bonchev–Trinajstić information content (AvgIpc) is 2.84. The molecule has 1 radical (unpaired) electrons. The zero-order chi connectivity index (χ0) is 12.2. The summed E-state index contributed by atoms with van der Waals surface area (Å²) in [7, 11) is 0. The van der Waals surface area contributed by atoms with Gasteiger partial charge in [0.05, 0.1) is 0 Å². The number of aromatic amines is 1. The van der Waals surface area contributed by atoms with Crippen LogP contribution in [-0.2, 0) is 6.42 Å². The second kappa shape index (κ2) is 5.55. The van der Waals surface area contributed by atoms with Gasteiger partial charge in [-0.05, 0) is 37.4 Å². The zero-order valence-corrected chi connectivity index (χ0v) is 10.7. The number of aromatic nitrogens is 1. The molecule has 0 unspecified atom stereocenters. The molecular weight excluding hydrogens is 222 g/mol. The highest BCUT2D eigenvalue weighted by Gasteiger charge is 2.12. The number of H-pyrrole nitrogens is 1. The molecule has 0 saturated carbocycles. The number of hydrogen-bond donors (Lipinski definition) is 2. The van der Waals surface area contributed by atoms with Crippen LogP contribution >= 0.6 is 0 Å². The number of piperidine rings is 1. The van der Waals surface area contributed by atoms with Crippen molar-refractivity contribution in [2.45, 2.75) is 25.3 Å². The second-order valence-electron chi connectivity index (χ2n) is 5.01. The van der Waals surface area contributed by atoms with Crippen LogP contribution < -0.4 is 10.6 Å². The van der Waals surface area contributed by atoms with Crippen molar-refractivity contribution in [3.63, 3.8) is 0 Å². The van der Waals surface area contributed by atoms with Gasteiger partial charge in [-0.2, -0.15) is 0 Å². The second-order valence-corrected chi connectivity index (χ2v) is 5.01. The van der Waals surface area contributed by atoms with E-state index in [0.717, 1.165) is 26.1 Å². The van der Waals surface area contributed by atoms with Crippen LogP contribution in [0.4, 0.5) is 0 Å². The van der Waals surface area contributed by atoms with E-state index in [4.69, 9.17) is 0 Å². The maximum Gasteiger partial charge on any atom is 0.0456 e. The molecule has 0 bridgehead atoms. The Morgan fingerprint density at radius 2 is 2.06 bits per heavy atom. The van der Waals surface area contributed by atoms with Crippen LogP contribution in [0, 0.1) is 0 Å². The number of para-hydroxylation sites is 1. The van der Waals surface area contributed by atoms with Crippen LogP contribution in [0.3, 0.4) is 0 Å². The molecule has 1 aromatic heterocycles. The van der Waals surface area contributed by atoms with E-state index >= 15 is 0 Å². The summed E-state index contributed by atoms with van der Waals surface area (Å²) in [5.41, 5.74) is 2.66. The fourth-order valence-corrected chi connectivity index (χ4v) is 2.70. The van der Waals surface area contributed by atoms with Crippen molar-refractivity contribution in [3.8, 4) is 0 Å². The summed E-state index contributed by atoms with van der Waals surface area (Å²) >= 11 is 0. The van der Waals surface area contributed by atoms with Gasteiger partial charge >= 0.3 is 0 Å². The van der Waals surface area contributed by atoms with Gasteiger partial charge in [0, 0.05) is 36.2 Å². The van der Waals surface area contributed by atoms with Crippen molar-refractivity contribution in [1.29, 1.82) is 0 Å². The number of nitrogens with one attached hydrogen (secondary N) is 2. The fraction of sp³-hybridized carbons (Fsp3) is 0.467. The number of rotatable bonds is 4. The van der Waals surface area contributed by atoms with Gasteiger partial charge in [-0.15, -0.1) is 0 Å². The van der Waals surface area contributed by atoms with Crippen LogP contribution in [0.15, 0.2) is 30.5 Å². The highest BCUT2D eigenvalue weighted by Crippen LogP contribution is 2.17.